The Morgan fingerprint density at radius 1 is 1.23 bits per heavy atom. The number of benzene rings is 2. The number of para-hydroxylation sites is 1. The van der Waals surface area contributed by atoms with Crippen molar-refractivity contribution in [1.82, 2.24) is 5.48 Å². The molecule has 0 fully saturated rings. The molecular weight excluding hydrogens is 348 g/mol. The van der Waals surface area contributed by atoms with E-state index in [1.54, 1.807) is 25.3 Å². The van der Waals surface area contributed by atoms with Crippen molar-refractivity contribution >= 4 is 21.9 Å². The van der Waals surface area contributed by atoms with Crippen LogP contribution in [0.4, 0.5) is 0 Å². The third-order valence-electron chi connectivity index (χ3n) is 2.94. The summed E-state index contributed by atoms with van der Waals surface area (Å²) in [5.74, 6) is 0.208. The minimum Gasteiger partial charge on any atom is -0.497 e. The normalized spacial score (nSPS) is 10.5. The van der Waals surface area contributed by atoms with Crippen LogP contribution in [0, 0.1) is 6.17 Å². The molecule has 0 aromatic heterocycles. The molecule has 0 saturated heterocycles. The summed E-state index contributed by atoms with van der Waals surface area (Å²) in [5, 5.41) is 0. The number of hydroxylamine groups is 1. The van der Waals surface area contributed by atoms with Gasteiger partial charge < -0.3 is 15.3 Å². The first kappa shape index (κ1) is 16.5. The highest BCUT2D eigenvalue weighted by atomic mass is 79.9. The molecule has 6 heteroatoms. The molecule has 0 saturated carbocycles. The molecule has 22 heavy (non-hydrogen) atoms. The van der Waals surface area contributed by atoms with E-state index in [9.17, 15) is 4.79 Å². The zero-order chi connectivity index (χ0) is 15.9. The molecule has 0 aliphatic heterocycles. The van der Waals surface area contributed by atoms with Crippen molar-refractivity contribution in [1.29, 1.82) is 0 Å². The highest BCUT2D eigenvalue weighted by Gasteiger charge is 2.10. The molecule has 0 bridgehead atoms. The van der Waals surface area contributed by atoms with Crippen molar-refractivity contribution in [2.45, 2.75) is 6.42 Å². The molecule has 0 aliphatic rings. The third-order valence-corrected chi connectivity index (χ3v) is 3.63. The SMILES string of the molecule is COc1ccccc1C[C-](N)NOC(=O)c1ccccc1Br. The summed E-state index contributed by atoms with van der Waals surface area (Å²) in [6.07, 6.45) is 0.692. The first-order valence-electron chi connectivity index (χ1n) is 6.56. The molecule has 2 aromatic carbocycles. The Bertz CT molecular complexity index is 649. The third kappa shape index (κ3) is 4.30. The van der Waals surface area contributed by atoms with E-state index < -0.39 is 5.97 Å². The maximum Gasteiger partial charge on any atom is 0.355 e. The molecule has 0 aliphatic carbocycles. The second-order valence-corrected chi connectivity index (χ2v) is 5.34. The summed E-state index contributed by atoms with van der Waals surface area (Å²) in [6, 6.07) is 14.5. The van der Waals surface area contributed by atoms with Gasteiger partial charge in [0, 0.05) is 4.47 Å². The van der Waals surface area contributed by atoms with E-state index in [1.807, 2.05) is 30.3 Å². The number of ether oxygens (including phenoxy) is 1. The van der Waals surface area contributed by atoms with Crippen molar-refractivity contribution < 1.29 is 14.4 Å². The second-order valence-electron chi connectivity index (χ2n) is 4.49. The van der Waals surface area contributed by atoms with Crippen LogP contribution in [0.15, 0.2) is 53.0 Å². The Balaban J connectivity index is 1.91. The van der Waals surface area contributed by atoms with Crippen LogP contribution in [0.3, 0.4) is 0 Å². The predicted molar refractivity (Wildman–Crippen MR) is 86.8 cm³/mol. The highest BCUT2D eigenvalue weighted by molar-refractivity contribution is 9.10. The van der Waals surface area contributed by atoms with Crippen molar-refractivity contribution in [3.63, 3.8) is 0 Å². The number of hydrogen-bond acceptors (Lipinski definition) is 5. The molecule has 2 rings (SSSR count). The summed E-state index contributed by atoms with van der Waals surface area (Å²) >= 11 is 3.29. The average molecular weight is 364 g/mol. The Morgan fingerprint density at radius 2 is 1.91 bits per heavy atom. The number of nitrogens with one attached hydrogen (secondary N) is 1. The van der Waals surface area contributed by atoms with Crippen molar-refractivity contribution in [3.05, 3.63) is 70.3 Å². The van der Waals surface area contributed by atoms with Gasteiger partial charge in [0.05, 0.1) is 12.7 Å². The van der Waals surface area contributed by atoms with Gasteiger partial charge in [-0.05, 0) is 39.7 Å². The standard InChI is InChI=1S/C16H16BrN2O3/c1-21-14-9-5-2-6-11(14)10-15(18)19-22-16(20)12-7-3-4-8-13(12)17/h2-9,19H,10,18H2,1H3/q-1. The van der Waals surface area contributed by atoms with Crippen LogP contribution in [-0.2, 0) is 11.3 Å². The molecule has 0 atom stereocenters. The van der Waals surface area contributed by atoms with Crippen LogP contribution in [0.2, 0.25) is 0 Å². The number of nitrogens with two attached hydrogens (primary N) is 1. The zero-order valence-electron chi connectivity index (χ0n) is 12.0. The Labute approximate surface area is 137 Å². The maximum absolute atomic E-state index is 11.9. The Morgan fingerprint density at radius 3 is 2.64 bits per heavy atom. The molecule has 2 aromatic rings. The fourth-order valence-corrected chi connectivity index (χ4v) is 2.33. The summed E-state index contributed by atoms with van der Waals surface area (Å²) in [7, 11) is 1.59. The van der Waals surface area contributed by atoms with Crippen LogP contribution in [-0.4, -0.2) is 13.1 Å². The number of carbonyl (C=O) groups excluding carboxylic acids is 1. The highest BCUT2D eigenvalue weighted by Crippen LogP contribution is 2.20. The lowest BCUT2D eigenvalue weighted by atomic mass is 10.1. The molecule has 0 radical (unpaired) electrons. The smallest absolute Gasteiger partial charge is 0.355 e. The lowest BCUT2D eigenvalue weighted by Gasteiger charge is -2.26. The fraction of sp³-hybridized carbons (Fsp3) is 0.125. The van der Waals surface area contributed by atoms with E-state index in [-0.39, 0.29) is 0 Å². The van der Waals surface area contributed by atoms with Gasteiger partial charge in [-0.1, -0.05) is 30.3 Å². The summed E-state index contributed by atoms with van der Waals surface area (Å²) in [5.41, 5.74) is 9.64. The zero-order valence-corrected chi connectivity index (χ0v) is 13.6. The number of carbonyl (C=O) groups is 1. The average Bonchev–Trinajstić information content (AvgIpc) is 2.53. The molecule has 116 valence electrons. The van der Waals surface area contributed by atoms with Gasteiger partial charge in [0.2, 0.25) is 0 Å². The number of methoxy groups -OCH3 is 1. The minimum absolute atomic E-state index is 0.310. The lowest BCUT2D eigenvalue weighted by molar-refractivity contribution is 0.0261. The number of halogens is 1. The van der Waals surface area contributed by atoms with Crippen LogP contribution >= 0.6 is 15.9 Å². The van der Waals surface area contributed by atoms with Crippen LogP contribution in [0.25, 0.3) is 0 Å². The lowest BCUT2D eigenvalue weighted by Crippen LogP contribution is -2.33. The van der Waals surface area contributed by atoms with Crippen molar-refractivity contribution in [2.24, 2.45) is 5.73 Å². The van der Waals surface area contributed by atoms with Crippen LogP contribution in [0.1, 0.15) is 15.9 Å². The summed E-state index contributed by atoms with van der Waals surface area (Å²) in [4.78, 5) is 16.9. The molecule has 0 amide bonds. The predicted octanol–water partition coefficient (Wildman–Crippen LogP) is 2.81. The van der Waals surface area contributed by atoms with Gasteiger partial charge in [0.1, 0.15) is 5.75 Å². The molecular formula is C16H16BrN2O3-. The van der Waals surface area contributed by atoms with Gasteiger partial charge in [0.15, 0.2) is 0 Å². The van der Waals surface area contributed by atoms with Gasteiger partial charge >= 0.3 is 5.97 Å². The quantitative estimate of drug-likeness (QED) is 0.609. The largest absolute Gasteiger partial charge is 0.497 e. The van der Waals surface area contributed by atoms with Gasteiger partial charge in [-0.3, -0.25) is 5.48 Å². The Hall–Kier alpha value is -1.89. The van der Waals surface area contributed by atoms with Crippen LogP contribution < -0.4 is 16.0 Å². The van der Waals surface area contributed by atoms with Gasteiger partial charge in [-0.2, -0.15) is 6.17 Å². The molecule has 0 heterocycles. The topological polar surface area (TPSA) is 73.6 Å². The maximum atomic E-state index is 11.9. The molecule has 5 nitrogen and oxygen atoms in total. The minimum atomic E-state index is -0.518. The van der Waals surface area contributed by atoms with E-state index in [4.69, 9.17) is 15.3 Å². The van der Waals surface area contributed by atoms with E-state index in [2.05, 4.69) is 21.4 Å². The second kappa shape index (κ2) is 7.93. The van der Waals surface area contributed by atoms with E-state index in [0.717, 1.165) is 11.3 Å². The van der Waals surface area contributed by atoms with Gasteiger partial charge in [-0.25, -0.2) is 4.79 Å². The molecule has 3 N–H and O–H groups in total. The van der Waals surface area contributed by atoms with E-state index >= 15 is 0 Å². The van der Waals surface area contributed by atoms with Gasteiger partial charge in [-0.15, -0.1) is 6.42 Å². The first-order chi connectivity index (χ1) is 10.6. The van der Waals surface area contributed by atoms with Gasteiger partial charge in [0.25, 0.3) is 0 Å². The number of hydrogen-bond donors (Lipinski definition) is 2. The van der Waals surface area contributed by atoms with Crippen LogP contribution in [0.5, 0.6) is 5.75 Å². The molecule has 0 unspecified atom stereocenters. The van der Waals surface area contributed by atoms with E-state index in [1.165, 1.54) is 0 Å². The summed E-state index contributed by atoms with van der Waals surface area (Å²) in [6.45, 7) is 0. The van der Waals surface area contributed by atoms with Crippen molar-refractivity contribution in [2.75, 3.05) is 7.11 Å². The fourth-order valence-electron chi connectivity index (χ4n) is 1.88. The monoisotopic (exact) mass is 363 g/mol. The number of rotatable bonds is 6. The summed E-state index contributed by atoms with van der Waals surface area (Å²) < 4.78 is 5.90. The van der Waals surface area contributed by atoms with E-state index in [0.29, 0.717) is 22.6 Å². The van der Waals surface area contributed by atoms with Crippen molar-refractivity contribution in [3.8, 4) is 5.75 Å². The molecule has 0 spiro atoms. The Kier molecular flexibility index (Phi) is 5.94. The first-order valence-corrected chi connectivity index (χ1v) is 7.36.